The fraction of sp³-hybridized carbons (Fsp3) is 0.0476. The van der Waals surface area contributed by atoms with Crippen LogP contribution in [0.4, 0.5) is 0 Å². The molecule has 0 N–H and O–H groups in total. The van der Waals surface area contributed by atoms with Crippen molar-refractivity contribution in [2.24, 2.45) is 4.99 Å². The number of benzene rings is 2. The van der Waals surface area contributed by atoms with E-state index in [1.165, 1.54) is 0 Å². The maximum absolute atomic E-state index is 12.2. The molecule has 0 bridgehead atoms. The predicted molar refractivity (Wildman–Crippen MR) is 104 cm³/mol. The number of aryl methyl sites for hydroxylation is 1. The average molecular weight is 408 g/mol. The number of hydrogen-bond donors (Lipinski definition) is 0. The van der Waals surface area contributed by atoms with E-state index in [1.807, 2.05) is 61.5 Å². The molecule has 1 amide bonds. The highest BCUT2D eigenvalue weighted by molar-refractivity contribution is 9.10. The van der Waals surface area contributed by atoms with Crippen LogP contribution in [0.25, 0.3) is 17.4 Å². The van der Waals surface area contributed by atoms with E-state index in [-0.39, 0.29) is 5.76 Å². The van der Waals surface area contributed by atoms with Gasteiger partial charge in [0.25, 0.3) is 0 Å². The molecule has 4 nitrogen and oxygen atoms in total. The molecule has 0 unspecified atom stereocenters. The largest absolute Gasteiger partial charge is 0.457 e. The third-order valence-corrected chi connectivity index (χ3v) is 4.55. The minimum absolute atomic E-state index is 0.153. The monoisotopic (exact) mass is 407 g/mol. The molecule has 2 aromatic carbocycles. The molecule has 3 aromatic rings. The summed E-state index contributed by atoms with van der Waals surface area (Å²) in [6.07, 6.45) is 1.57. The first-order chi connectivity index (χ1) is 12.6. The van der Waals surface area contributed by atoms with Crippen molar-refractivity contribution in [3.8, 4) is 11.3 Å². The quantitative estimate of drug-likeness (QED) is 0.548. The molecule has 128 valence electrons. The highest BCUT2D eigenvalue weighted by atomic mass is 79.9. The van der Waals surface area contributed by atoms with Gasteiger partial charge >= 0.3 is 5.91 Å². The van der Waals surface area contributed by atoms with Gasteiger partial charge in [-0.15, -0.1) is 0 Å². The van der Waals surface area contributed by atoms with E-state index in [9.17, 15) is 4.79 Å². The van der Waals surface area contributed by atoms with Crippen LogP contribution in [0, 0.1) is 6.92 Å². The van der Waals surface area contributed by atoms with Crippen molar-refractivity contribution < 1.29 is 13.9 Å². The fourth-order valence-electron chi connectivity index (χ4n) is 2.67. The average Bonchev–Trinajstić information content (AvgIpc) is 3.24. The highest BCUT2D eigenvalue weighted by Crippen LogP contribution is 2.26. The minimum Gasteiger partial charge on any atom is -0.457 e. The number of rotatable bonds is 3. The molecule has 0 spiro atoms. The lowest BCUT2D eigenvalue weighted by Crippen LogP contribution is -2.02. The lowest BCUT2D eigenvalue weighted by molar-refractivity contribution is -0.115. The molecule has 0 saturated heterocycles. The molecule has 1 aliphatic rings. The number of halogens is 1. The van der Waals surface area contributed by atoms with Gasteiger partial charge in [0, 0.05) is 21.7 Å². The zero-order chi connectivity index (χ0) is 18.1. The summed E-state index contributed by atoms with van der Waals surface area (Å²) in [6.45, 7) is 1.95. The first kappa shape index (κ1) is 16.5. The Morgan fingerprint density at radius 2 is 1.77 bits per heavy atom. The van der Waals surface area contributed by atoms with E-state index >= 15 is 0 Å². The Bertz CT molecular complexity index is 1050. The smallest absolute Gasteiger partial charge is 0.316 e. The molecular formula is C21H14BrNO3. The molecule has 4 rings (SSSR count). The number of furan rings is 1. The van der Waals surface area contributed by atoms with E-state index in [2.05, 4.69) is 20.9 Å². The summed E-state index contributed by atoms with van der Waals surface area (Å²) in [5.74, 6) is 1.31. The van der Waals surface area contributed by atoms with E-state index in [1.54, 1.807) is 12.1 Å². The van der Waals surface area contributed by atoms with E-state index in [0.717, 1.165) is 26.9 Å². The lowest BCUT2D eigenvalue weighted by Gasteiger charge is -2.04. The van der Waals surface area contributed by atoms with Crippen molar-refractivity contribution in [3.05, 3.63) is 87.8 Å². The number of aliphatic imine (C=N–C) groups is 1. The van der Waals surface area contributed by atoms with Gasteiger partial charge in [-0.1, -0.05) is 46.3 Å². The summed E-state index contributed by atoms with van der Waals surface area (Å²) in [5.41, 5.74) is 2.75. The first-order valence-corrected chi connectivity index (χ1v) is 8.84. The second kappa shape index (κ2) is 6.77. The molecule has 5 heteroatoms. The van der Waals surface area contributed by atoms with Gasteiger partial charge in [0.1, 0.15) is 11.5 Å². The molecule has 0 atom stereocenters. The van der Waals surface area contributed by atoms with Crippen LogP contribution < -0.4 is 0 Å². The van der Waals surface area contributed by atoms with Gasteiger partial charge in [-0.05, 0) is 42.8 Å². The zero-order valence-electron chi connectivity index (χ0n) is 13.9. The standard InChI is InChI=1S/C21H14BrNO3/c1-13-4-2-3-5-17(13)21-23-20(24)19(26-21)12-16-10-11-18(25-16)14-6-8-15(22)9-7-14/h2-12H,1H3/b19-12-. The molecular weight excluding hydrogens is 394 g/mol. The Labute approximate surface area is 159 Å². The molecule has 0 radical (unpaired) electrons. The van der Waals surface area contributed by atoms with Crippen LogP contribution in [-0.4, -0.2) is 11.8 Å². The topological polar surface area (TPSA) is 51.8 Å². The van der Waals surface area contributed by atoms with Crippen molar-refractivity contribution in [1.82, 2.24) is 0 Å². The SMILES string of the molecule is Cc1ccccc1C1=NC(=O)/C(=C/c2ccc(-c3ccc(Br)cc3)o2)O1. The third-order valence-electron chi connectivity index (χ3n) is 4.02. The summed E-state index contributed by atoms with van der Waals surface area (Å²) < 4.78 is 12.5. The van der Waals surface area contributed by atoms with Crippen LogP contribution in [0.1, 0.15) is 16.9 Å². The zero-order valence-corrected chi connectivity index (χ0v) is 15.5. The van der Waals surface area contributed by atoms with Crippen molar-refractivity contribution in [3.63, 3.8) is 0 Å². The normalized spacial score (nSPS) is 15.2. The summed E-state index contributed by atoms with van der Waals surface area (Å²) in [7, 11) is 0. The summed E-state index contributed by atoms with van der Waals surface area (Å²) in [4.78, 5) is 16.2. The lowest BCUT2D eigenvalue weighted by atomic mass is 10.1. The Kier molecular flexibility index (Phi) is 4.31. The molecule has 1 aliphatic heterocycles. The number of carbonyl (C=O) groups excluding carboxylic acids is 1. The Balaban J connectivity index is 1.58. The molecule has 2 heterocycles. The predicted octanol–water partition coefficient (Wildman–Crippen LogP) is 5.36. The third kappa shape index (κ3) is 3.26. The molecule has 0 fully saturated rings. The number of nitrogens with zero attached hydrogens (tertiary/aromatic N) is 1. The van der Waals surface area contributed by atoms with Gasteiger partial charge in [0.05, 0.1) is 0 Å². The van der Waals surface area contributed by atoms with Crippen molar-refractivity contribution in [2.75, 3.05) is 0 Å². The van der Waals surface area contributed by atoms with Crippen LogP contribution in [-0.2, 0) is 9.53 Å². The Morgan fingerprint density at radius 1 is 1.00 bits per heavy atom. The molecule has 0 saturated carbocycles. The molecule has 1 aromatic heterocycles. The number of ether oxygens (including phenoxy) is 1. The molecule has 0 aliphatic carbocycles. The Morgan fingerprint density at radius 3 is 2.54 bits per heavy atom. The van der Waals surface area contributed by atoms with Gasteiger partial charge in [-0.25, -0.2) is 0 Å². The minimum atomic E-state index is -0.412. The van der Waals surface area contributed by atoms with Gasteiger partial charge in [-0.2, -0.15) is 4.99 Å². The number of carbonyl (C=O) groups is 1. The second-order valence-corrected chi connectivity index (χ2v) is 6.77. The Hall–Kier alpha value is -2.92. The summed E-state index contributed by atoms with van der Waals surface area (Å²) >= 11 is 3.41. The maximum atomic E-state index is 12.2. The van der Waals surface area contributed by atoms with Gasteiger partial charge in [0.2, 0.25) is 5.90 Å². The first-order valence-electron chi connectivity index (χ1n) is 8.04. The van der Waals surface area contributed by atoms with E-state index in [0.29, 0.717) is 11.7 Å². The van der Waals surface area contributed by atoms with Crippen LogP contribution in [0.3, 0.4) is 0 Å². The molecule has 26 heavy (non-hydrogen) atoms. The number of hydrogen-bond acceptors (Lipinski definition) is 3. The van der Waals surface area contributed by atoms with Gasteiger partial charge in [0.15, 0.2) is 5.76 Å². The van der Waals surface area contributed by atoms with Crippen molar-refractivity contribution in [1.29, 1.82) is 0 Å². The highest BCUT2D eigenvalue weighted by Gasteiger charge is 2.25. The maximum Gasteiger partial charge on any atom is 0.316 e. The van der Waals surface area contributed by atoms with Crippen LogP contribution in [0.15, 0.2) is 80.3 Å². The fourth-order valence-corrected chi connectivity index (χ4v) is 2.93. The van der Waals surface area contributed by atoms with Crippen molar-refractivity contribution >= 4 is 33.8 Å². The van der Waals surface area contributed by atoms with Crippen LogP contribution in [0.2, 0.25) is 0 Å². The second-order valence-electron chi connectivity index (χ2n) is 5.86. The van der Waals surface area contributed by atoms with E-state index in [4.69, 9.17) is 9.15 Å². The number of amides is 1. The van der Waals surface area contributed by atoms with Crippen LogP contribution in [0.5, 0.6) is 0 Å². The van der Waals surface area contributed by atoms with E-state index < -0.39 is 5.91 Å². The van der Waals surface area contributed by atoms with Gasteiger partial charge < -0.3 is 9.15 Å². The summed E-state index contributed by atoms with van der Waals surface area (Å²) in [5, 5.41) is 0. The summed E-state index contributed by atoms with van der Waals surface area (Å²) in [6, 6.07) is 19.1. The van der Waals surface area contributed by atoms with Crippen molar-refractivity contribution in [2.45, 2.75) is 6.92 Å². The van der Waals surface area contributed by atoms with Gasteiger partial charge in [-0.3, -0.25) is 4.79 Å². The van der Waals surface area contributed by atoms with Crippen LogP contribution >= 0.6 is 15.9 Å².